The molecule has 6 nitrogen and oxygen atoms in total. The molecule has 2 N–H and O–H groups in total. The Bertz CT molecular complexity index is 749. The van der Waals surface area contributed by atoms with Gasteiger partial charge >= 0.3 is 0 Å². The van der Waals surface area contributed by atoms with Gasteiger partial charge in [0, 0.05) is 25.2 Å². The molecule has 0 aliphatic carbocycles. The number of methoxy groups -OCH3 is 1. The second-order valence-electron chi connectivity index (χ2n) is 4.85. The molecule has 0 saturated carbocycles. The van der Waals surface area contributed by atoms with Crippen LogP contribution in [0.2, 0.25) is 0 Å². The molecule has 2 aromatic heterocycles. The minimum absolute atomic E-state index is 0.675. The summed E-state index contributed by atoms with van der Waals surface area (Å²) in [5, 5.41) is 12.4. The third kappa shape index (κ3) is 2.78. The first-order chi connectivity index (χ1) is 10.2. The van der Waals surface area contributed by atoms with Crippen LogP contribution < -0.4 is 15.0 Å². The van der Waals surface area contributed by atoms with Crippen LogP contribution in [-0.2, 0) is 6.54 Å². The van der Waals surface area contributed by atoms with Gasteiger partial charge in [-0.05, 0) is 18.2 Å². The van der Waals surface area contributed by atoms with Crippen molar-refractivity contribution in [2.24, 2.45) is 0 Å². The Kier molecular flexibility index (Phi) is 3.66. The molecule has 0 fully saturated rings. The fourth-order valence-corrected chi connectivity index (χ4v) is 2.91. The summed E-state index contributed by atoms with van der Waals surface area (Å²) in [6.45, 7) is 0.675. The molecule has 0 saturated heterocycles. The minimum atomic E-state index is 0.675. The van der Waals surface area contributed by atoms with Crippen LogP contribution in [-0.4, -0.2) is 36.4 Å². The first-order valence-corrected chi connectivity index (χ1v) is 7.37. The molecule has 2 heterocycles. The number of thiazole rings is 1. The van der Waals surface area contributed by atoms with Crippen molar-refractivity contribution in [1.29, 1.82) is 0 Å². The summed E-state index contributed by atoms with van der Waals surface area (Å²) in [5.41, 5.74) is 2.05. The van der Waals surface area contributed by atoms with Crippen molar-refractivity contribution >= 4 is 33.1 Å². The van der Waals surface area contributed by atoms with Crippen LogP contribution in [0.15, 0.2) is 24.4 Å². The van der Waals surface area contributed by atoms with Crippen molar-refractivity contribution in [2.75, 3.05) is 31.4 Å². The average molecular weight is 303 g/mol. The highest BCUT2D eigenvalue weighted by Crippen LogP contribution is 2.31. The van der Waals surface area contributed by atoms with Gasteiger partial charge in [0.2, 0.25) is 5.88 Å². The fourth-order valence-electron chi connectivity index (χ4n) is 2.02. The fraction of sp³-hybridized carbons (Fsp3) is 0.286. The first kappa shape index (κ1) is 13.7. The van der Waals surface area contributed by atoms with E-state index in [1.165, 1.54) is 0 Å². The zero-order valence-corrected chi connectivity index (χ0v) is 13.0. The molecule has 0 amide bonds. The highest BCUT2D eigenvalue weighted by Gasteiger charge is 2.12. The molecule has 21 heavy (non-hydrogen) atoms. The van der Waals surface area contributed by atoms with Crippen LogP contribution in [0.5, 0.6) is 5.88 Å². The molecule has 0 spiro atoms. The Morgan fingerprint density at radius 1 is 1.38 bits per heavy atom. The normalized spacial score (nSPS) is 10.8. The summed E-state index contributed by atoms with van der Waals surface area (Å²) >= 11 is 1.62. The number of ether oxygens (including phenoxy) is 1. The molecule has 0 radical (unpaired) electrons. The molecule has 0 aliphatic heterocycles. The third-order valence-corrected chi connectivity index (χ3v) is 4.33. The first-order valence-electron chi connectivity index (χ1n) is 6.55. The standard InChI is InChI=1S/C14H17N5OS/c1-19(2)14-17-13(20-3)12(21-14)8-15-10-5-4-9-7-16-18-11(9)6-10/h4-7,15H,8H2,1-3H3,(H,16,18). The molecule has 110 valence electrons. The molecule has 0 aliphatic rings. The van der Waals surface area contributed by atoms with Crippen molar-refractivity contribution in [1.82, 2.24) is 15.2 Å². The van der Waals surface area contributed by atoms with Crippen LogP contribution in [0.25, 0.3) is 10.9 Å². The Morgan fingerprint density at radius 3 is 3.00 bits per heavy atom. The van der Waals surface area contributed by atoms with E-state index in [1.54, 1.807) is 18.4 Å². The van der Waals surface area contributed by atoms with E-state index in [4.69, 9.17) is 4.74 Å². The number of hydrogen-bond donors (Lipinski definition) is 2. The second kappa shape index (κ2) is 5.61. The van der Waals surface area contributed by atoms with E-state index in [-0.39, 0.29) is 0 Å². The van der Waals surface area contributed by atoms with E-state index >= 15 is 0 Å². The van der Waals surface area contributed by atoms with Crippen molar-refractivity contribution in [3.05, 3.63) is 29.3 Å². The summed E-state index contributed by atoms with van der Waals surface area (Å²) in [6, 6.07) is 6.12. The molecule has 3 aromatic rings. The average Bonchev–Trinajstić information content (AvgIpc) is 3.10. The minimum Gasteiger partial charge on any atom is -0.480 e. The zero-order chi connectivity index (χ0) is 14.8. The molecule has 3 rings (SSSR count). The van der Waals surface area contributed by atoms with Gasteiger partial charge in [0.05, 0.1) is 30.2 Å². The Hall–Kier alpha value is -2.28. The van der Waals surface area contributed by atoms with Crippen LogP contribution in [0.1, 0.15) is 4.88 Å². The number of benzene rings is 1. The van der Waals surface area contributed by atoms with E-state index < -0.39 is 0 Å². The number of fused-ring (bicyclic) bond motifs is 1. The Morgan fingerprint density at radius 2 is 2.24 bits per heavy atom. The van der Waals surface area contributed by atoms with Gasteiger partial charge in [-0.15, -0.1) is 0 Å². The summed E-state index contributed by atoms with van der Waals surface area (Å²) in [7, 11) is 5.60. The topological polar surface area (TPSA) is 66.1 Å². The molecule has 0 atom stereocenters. The van der Waals surface area contributed by atoms with Gasteiger partial charge in [-0.25, -0.2) is 0 Å². The summed E-state index contributed by atoms with van der Waals surface area (Å²) in [5.74, 6) is 0.679. The number of aromatic nitrogens is 3. The Labute approximate surface area is 126 Å². The van der Waals surface area contributed by atoms with Gasteiger partial charge in [0.1, 0.15) is 0 Å². The van der Waals surface area contributed by atoms with E-state index in [1.807, 2.05) is 43.4 Å². The van der Waals surface area contributed by atoms with E-state index in [0.29, 0.717) is 12.4 Å². The Balaban J connectivity index is 1.77. The van der Waals surface area contributed by atoms with Crippen LogP contribution in [0.3, 0.4) is 0 Å². The smallest absolute Gasteiger partial charge is 0.231 e. The molecule has 0 unspecified atom stereocenters. The number of H-pyrrole nitrogens is 1. The van der Waals surface area contributed by atoms with Gasteiger partial charge in [-0.2, -0.15) is 10.1 Å². The molecule has 0 bridgehead atoms. The van der Waals surface area contributed by atoms with Crippen molar-refractivity contribution < 1.29 is 4.74 Å². The highest BCUT2D eigenvalue weighted by atomic mass is 32.1. The summed E-state index contributed by atoms with van der Waals surface area (Å²) in [4.78, 5) is 7.50. The monoisotopic (exact) mass is 303 g/mol. The maximum absolute atomic E-state index is 5.34. The van der Waals surface area contributed by atoms with Crippen LogP contribution in [0.4, 0.5) is 10.8 Å². The number of nitrogens with zero attached hydrogens (tertiary/aromatic N) is 3. The predicted molar refractivity (Wildman–Crippen MR) is 86.4 cm³/mol. The van der Waals surface area contributed by atoms with Crippen molar-refractivity contribution in [3.8, 4) is 5.88 Å². The maximum atomic E-state index is 5.34. The predicted octanol–water partition coefficient (Wildman–Crippen LogP) is 2.71. The maximum Gasteiger partial charge on any atom is 0.231 e. The van der Waals surface area contributed by atoms with Gasteiger partial charge in [-0.3, -0.25) is 5.10 Å². The molecule has 7 heteroatoms. The quantitative estimate of drug-likeness (QED) is 0.758. The van der Waals surface area contributed by atoms with Gasteiger partial charge in [-0.1, -0.05) is 11.3 Å². The van der Waals surface area contributed by atoms with E-state index in [0.717, 1.165) is 26.6 Å². The van der Waals surface area contributed by atoms with Gasteiger partial charge in [0.15, 0.2) is 5.13 Å². The summed E-state index contributed by atoms with van der Waals surface area (Å²) < 4.78 is 5.34. The molecular formula is C14H17N5OS. The number of aromatic amines is 1. The van der Waals surface area contributed by atoms with Crippen molar-refractivity contribution in [2.45, 2.75) is 6.54 Å². The van der Waals surface area contributed by atoms with Crippen LogP contribution >= 0.6 is 11.3 Å². The SMILES string of the molecule is COc1nc(N(C)C)sc1CNc1ccc2cn[nH]c2c1. The van der Waals surface area contributed by atoms with Crippen LogP contribution in [0, 0.1) is 0 Å². The molecule has 1 aromatic carbocycles. The number of rotatable bonds is 5. The highest BCUT2D eigenvalue weighted by molar-refractivity contribution is 7.15. The summed E-state index contributed by atoms with van der Waals surface area (Å²) in [6.07, 6.45) is 1.81. The zero-order valence-electron chi connectivity index (χ0n) is 12.2. The van der Waals surface area contributed by atoms with Gasteiger partial charge in [0.25, 0.3) is 0 Å². The number of nitrogens with one attached hydrogen (secondary N) is 2. The number of hydrogen-bond acceptors (Lipinski definition) is 6. The third-order valence-electron chi connectivity index (χ3n) is 3.12. The molecular weight excluding hydrogens is 286 g/mol. The largest absolute Gasteiger partial charge is 0.480 e. The lowest BCUT2D eigenvalue weighted by Crippen LogP contribution is -2.07. The van der Waals surface area contributed by atoms with E-state index in [2.05, 4.69) is 20.5 Å². The van der Waals surface area contributed by atoms with E-state index in [9.17, 15) is 0 Å². The van der Waals surface area contributed by atoms with Gasteiger partial charge < -0.3 is 15.0 Å². The second-order valence-corrected chi connectivity index (χ2v) is 5.91. The lowest BCUT2D eigenvalue weighted by Gasteiger charge is -2.06. The lowest BCUT2D eigenvalue weighted by atomic mass is 10.2. The number of anilines is 2. The lowest BCUT2D eigenvalue weighted by molar-refractivity contribution is 0.397. The van der Waals surface area contributed by atoms with Crippen molar-refractivity contribution in [3.63, 3.8) is 0 Å².